The molecule has 2 heterocycles. The van der Waals surface area contributed by atoms with E-state index < -0.39 is 0 Å². The Hall–Kier alpha value is -2.18. The molecule has 1 aliphatic heterocycles. The first-order chi connectivity index (χ1) is 12.3. The molecule has 0 radical (unpaired) electrons. The van der Waals surface area contributed by atoms with Crippen molar-refractivity contribution in [3.8, 4) is 0 Å². The van der Waals surface area contributed by atoms with Crippen LogP contribution in [0.15, 0.2) is 36.5 Å². The zero-order valence-corrected chi connectivity index (χ0v) is 14.7. The summed E-state index contributed by atoms with van der Waals surface area (Å²) in [5.41, 5.74) is 3.17. The van der Waals surface area contributed by atoms with Crippen LogP contribution in [0.25, 0.3) is 0 Å². The molecule has 1 aromatic heterocycles. The maximum atomic E-state index is 11.8. The Labute approximate surface area is 148 Å². The van der Waals surface area contributed by atoms with Gasteiger partial charge in [0.2, 0.25) is 5.91 Å². The minimum Gasteiger partial charge on any atom is -0.375 e. The zero-order chi connectivity index (χ0) is 17.5. The van der Waals surface area contributed by atoms with Gasteiger partial charge in [-0.25, -0.2) is 0 Å². The molecule has 0 aliphatic carbocycles. The number of benzene rings is 1. The van der Waals surface area contributed by atoms with E-state index in [9.17, 15) is 4.79 Å². The van der Waals surface area contributed by atoms with Crippen LogP contribution in [0.5, 0.6) is 0 Å². The minimum absolute atomic E-state index is 0.0541. The second-order valence-electron chi connectivity index (χ2n) is 6.55. The van der Waals surface area contributed by atoms with Gasteiger partial charge in [0.1, 0.15) is 6.61 Å². The topological polar surface area (TPSA) is 70.2 Å². The van der Waals surface area contributed by atoms with E-state index in [-0.39, 0.29) is 12.5 Å². The van der Waals surface area contributed by atoms with Crippen molar-refractivity contribution in [1.29, 1.82) is 0 Å². The minimum atomic E-state index is -0.151. The Morgan fingerprint density at radius 2 is 2.24 bits per heavy atom. The summed E-state index contributed by atoms with van der Waals surface area (Å²) in [5, 5.41) is 10.1. The molecule has 0 saturated carbocycles. The summed E-state index contributed by atoms with van der Waals surface area (Å²) in [7, 11) is 1.52. The normalized spacial score (nSPS) is 18.2. The van der Waals surface area contributed by atoms with Gasteiger partial charge in [0.05, 0.1) is 17.6 Å². The summed E-state index contributed by atoms with van der Waals surface area (Å²) < 4.78 is 4.88. The van der Waals surface area contributed by atoms with Crippen molar-refractivity contribution in [3.05, 3.63) is 47.8 Å². The number of hydrogen-bond acceptors (Lipinski definition) is 4. The van der Waals surface area contributed by atoms with Crippen LogP contribution >= 0.6 is 0 Å². The van der Waals surface area contributed by atoms with Gasteiger partial charge in [0.25, 0.3) is 0 Å². The lowest BCUT2D eigenvalue weighted by atomic mass is 9.93. The average Bonchev–Trinajstić information content (AvgIpc) is 3.09. The van der Waals surface area contributed by atoms with Crippen molar-refractivity contribution >= 4 is 11.6 Å². The van der Waals surface area contributed by atoms with E-state index in [1.807, 2.05) is 0 Å². The highest BCUT2D eigenvalue weighted by atomic mass is 16.5. The number of hydrogen-bond donors (Lipinski definition) is 2. The maximum Gasteiger partial charge on any atom is 0.250 e. The van der Waals surface area contributed by atoms with Gasteiger partial charge in [-0.2, -0.15) is 5.10 Å². The number of nitrogens with one attached hydrogen (secondary N) is 2. The molecule has 2 N–H and O–H groups in total. The highest BCUT2D eigenvalue weighted by molar-refractivity contribution is 5.92. The molecule has 1 aliphatic rings. The predicted octanol–water partition coefficient (Wildman–Crippen LogP) is 2.42. The first-order valence-corrected chi connectivity index (χ1v) is 8.84. The van der Waals surface area contributed by atoms with E-state index in [1.165, 1.54) is 12.7 Å². The van der Waals surface area contributed by atoms with Gasteiger partial charge in [-0.1, -0.05) is 30.3 Å². The third kappa shape index (κ3) is 4.90. The van der Waals surface area contributed by atoms with Crippen molar-refractivity contribution < 1.29 is 9.53 Å². The molecular weight excluding hydrogens is 316 g/mol. The third-order valence-corrected chi connectivity index (χ3v) is 4.69. The number of methoxy groups -OCH3 is 1. The summed E-state index contributed by atoms with van der Waals surface area (Å²) >= 11 is 0. The molecule has 2 aromatic rings. The molecule has 6 heteroatoms. The monoisotopic (exact) mass is 342 g/mol. The standard InChI is InChI=1S/C19H26N4O2/c1-25-14-18(24)21-17-12-20-22-19(17)16-8-5-10-23(13-16)11-9-15-6-3-2-4-7-15/h2-4,6-7,12,16H,5,8-11,13-14H2,1H3,(H,20,22)(H,21,24). The average molecular weight is 342 g/mol. The number of aromatic nitrogens is 2. The number of amides is 1. The first kappa shape index (κ1) is 17.6. The SMILES string of the molecule is COCC(=O)Nc1cn[nH]c1C1CCCN(CCc2ccccc2)C1. The number of likely N-dealkylation sites (tertiary alicyclic amines) is 1. The molecule has 0 spiro atoms. The van der Waals surface area contributed by atoms with E-state index in [1.54, 1.807) is 6.20 Å². The van der Waals surface area contributed by atoms with Crippen LogP contribution in [-0.2, 0) is 16.0 Å². The molecular formula is C19H26N4O2. The molecule has 1 saturated heterocycles. The second-order valence-corrected chi connectivity index (χ2v) is 6.55. The van der Waals surface area contributed by atoms with E-state index in [4.69, 9.17) is 4.74 Å². The van der Waals surface area contributed by atoms with Crippen LogP contribution in [0.2, 0.25) is 0 Å². The fourth-order valence-corrected chi connectivity index (χ4v) is 3.45. The highest BCUT2D eigenvalue weighted by Crippen LogP contribution is 2.30. The number of rotatable bonds is 7. The van der Waals surface area contributed by atoms with E-state index >= 15 is 0 Å². The maximum absolute atomic E-state index is 11.8. The number of H-pyrrole nitrogens is 1. The lowest BCUT2D eigenvalue weighted by molar-refractivity contribution is -0.119. The van der Waals surface area contributed by atoms with E-state index in [0.29, 0.717) is 5.92 Å². The smallest absolute Gasteiger partial charge is 0.250 e. The molecule has 0 bridgehead atoms. The third-order valence-electron chi connectivity index (χ3n) is 4.69. The van der Waals surface area contributed by atoms with Crippen LogP contribution < -0.4 is 5.32 Å². The highest BCUT2D eigenvalue weighted by Gasteiger charge is 2.25. The Morgan fingerprint density at radius 1 is 1.40 bits per heavy atom. The Kier molecular flexibility index (Phi) is 6.19. The van der Waals surface area contributed by atoms with Crippen molar-refractivity contribution in [1.82, 2.24) is 15.1 Å². The summed E-state index contributed by atoms with van der Waals surface area (Å²) in [6.07, 6.45) is 5.01. The summed E-state index contributed by atoms with van der Waals surface area (Å²) in [6, 6.07) is 10.6. The number of aromatic amines is 1. The molecule has 1 amide bonds. The summed E-state index contributed by atoms with van der Waals surface area (Å²) in [4.78, 5) is 14.3. The molecule has 134 valence electrons. The van der Waals surface area contributed by atoms with Crippen LogP contribution in [0.4, 0.5) is 5.69 Å². The predicted molar refractivity (Wildman–Crippen MR) is 97.7 cm³/mol. The fourth-order valence-electron chi connectivity index (χ4n) is 3.45. The largest absolute Gasteiger partial charge is 0.375 e. The lowest BCUT2D eigenvalue weighted by Gasteiger charge is -2.32. The van der Waals surface area contributed by atoms with Gasteiger partial charge in [-0.05, 0) is 31.4 Å². The molecule has 1 aromatic carbocycles. The Morgan fingerprint density at radius 3 is 3.04 bits per heavy atom. The number of carbonyl (C=O) groups is 1. The summed E-state index contributed by atoms with van der Waals surface area (Å²) in [5.74, 6) is 0.215. The molecule has 1 atom stereocenters. The van der Waals surface area contributed by atoms with Crippen LogP contribution in [-0.4, -0.2) is 54.4 Å². The molecule has 1 fully saturated rings. The fraction of sp³-hybridized carbons (Fsp3) is 0.474. The number of nitrogens with zero attached hydrogens (tertiary/aromatic N) is 2. The van der Waals surface area contributed by atoms with Crippen molar-refractivity contribution in [2.24, 2.45) is 0 Å². The number of piperidine rings is 1. The van der Waals surface area contributed by atoms with E-state index in [0.717, 1.165) is 50.3 Å². The van der Waals surface area contributed by atoms with Crippen LogP contribution in [0.3, 0.4) is 0 Å². The van der Waals surface area contributed by atoms with Crippen molar-refractivity contribution in [3.63, 3.8) is 0 Å². The van der Waals surface area contributed by atoms with Crippen molar-refractivity contribution in [2.75, 3.05) is 38.7 Å². The number of carbonyl (C=O) groups excluding carboxylic acids is 1. The second kappa shape index (κ2) is 8.78. The molecule has 25 heavy (non-hydrogen) atoms. The Balaban J connectivity index is 1.58. The number of anilines is 1. The van der Waals surface area contributed by atoms with Gasteiger partial charge in [-0.15, -0.1) is 0 Å². The van der Waals surface area contributed by atoms with Gasteiger partial charge in [0, 0.05) is 26.1 Å². The zero-order valence-electron chi connectivity index (χ0n) is 14.7. The Bertz CT molecular complexity index is 671. The van der Waals surface area contributed by atoms with Crippen molar-refractivity contribution in [2.45, 2.75) is 25.2 Å². The number of ether oxygens (including phenoxy) is 1. The molecule has 6 nitrogen and oxygen atoms in total. The van der Waals surface area contributed by atoms with Gasteiger partial charge in [-0.3, -0.25) is 9.89 Å². The molecule has 3 rings (SSSR count). The molecule has 1 unspecified atom stereocenters. The van der Waals surface area contributed by atoms with Gasteiger partial charge in [0.15, 0.2) is 0 Å². The quantitative estimate of drug-likeness (QED) is 0.811. The first-order valence-electron chi connectivity index (χ1n) is 8.84. The van der Waals surface area contributed by atoms with Gasteiger partial charge < -0.3 is 15.0 Å². The van der Waals surface area contributed by atoms with Gasteiger partial charge >= 0.3 is 0 Å². The van der Waals surface area contributed by atoms with Crippen LogP contribution in [0, 0.1) is 0 Å². The summed E-state index contributed by atoms with van der Waals surface area (Å²) in [6.45, 7) is 3.23. The lowest BCUT2D eigenvalue weighted by Crippen LogP contribution is -2.36. The van der Waals surface area contributed by atoms with E-state index in [2.05, 4.69) is 50.7 Å². The van der Waals surface area contributed by atoms with Crippen LogP contribution in [0.1, 0.15) is 30.0 Å².